The Hall–Kier alpha value is -3.21. The Kier molecular flexibility index (Phi) is 5.79. The van der Waals surface area contributed by atoms with Crippen LogP contribution in [0.4, 0.5) is 10.1 Å². The molecule has 35 heavy (non-hydrogen) atoms. The Balaban J connectivity index is 1.35. The second-order valence-corrected chi connectivity index (χ2v) is 10.3. The van der Waals surface area contributed by atoms with Gasteiger partial charge in [-0.3, -0.25) is 4.90 Å². The summed E-state index contributed by atoms with van der Waals surface area (Å²) in [5.41, 5.74) is 1.67. The molecule has 6 rings (SSSR count). The van der Waals surface area contributed by atoms with Crippen LogP contribution >= 0.6 is 27.3 Å². The van der Waals surface area contributed by atoms with E-state index < -0.39 is 0 Å². The van der Waals surface area contributed by atoms with E-state index in [-0.39, 0.29) is 17.7 Å². The summed E-state index contributed by atoms with van der Waals surface area (Å²) >= 11 is 5.00. The van der Waals surface area contributed by atoms with Crippen LogP contribution in [0, 0.1) is 5.82 Å². The molecule has 0 radical (unpaired) electrons. The number of thiazole rings is 1. The number of nitrogens with zero attached hydrogens (tertiary/aromatic N) is 5. The number of hydrogen-bond donors (Lipinski definition) is 1. The monoisotopic (exact) mass is 553 g/mol. The van der Waals surface area contributed by atoms with Gasteiger partial charge in [0.25, 0.3) is 0 Å². The summed E-state index contributed by atoms with van der Waals surface area (Å²) in [5.74, 6) is 0.840. The highest BCUT2D eigenvalue weighted by atomic mass is 79.9. The lowest BCUT2D eigenvalue weighted by Crippen LogP contribution is -2.48. The molecule has 2 aromatic carbocycles. The van der Waals surface area contributed by atoms with Gasteiger partial charge in [-0.05, 0) is 42.0 Å². The lowest BCUT2D eigenvalue weighted by Gasteiger charge is -2.40. The smallest absolute Gasteiger partial charge is 0.230 e. The SMILES string of the molecule is Oc1c([C@@H](c2cccc(Br)c2)N2CCN(c3ccccc3F)CC2)sc2nc(-c3ccco3)nn12. The average Bonchev–Trinajstić information content (AvgIpc) is 3.59. The van der Waals surface area contributed by atoms with E-state index in [1.54, 1.807) is 24.5 Å². The molecule has 1 saturated heterocycles. The zero-order chi connectivity index (χ0) is 23.9. The van der Waals surface area contributed by atoms with Crippen molar-refractivity contribution in [2.75, 3.05) is 31.1 Å². The van der Waals surface area contributed by atoms with E-state index in [4.69, 9.17) is 4.42 Å². The van der Waals surface area contributed by atoms with E-state index in [0.717, 1.165) is 14.9 Å². The Labute approximate surface area is 213 Å². The maximum atomic E-state index is 14.4. The van der Waals surface area contributed by atoms with Gasteiger partial charge in [0.2, 0.25) is 16.7 Å². The highest BCUT2D eigenvalue weighted by Crippen LogP contribution is 2.41. The van der Waals surface area contributed by atoms with E-state index in [1.807, 2.05) is 24.3 Å². The molecular formula is C25H21BrFN5O2S. The van der Waals surface area contributed by atoms with Crippen molar-refractivity contribution in [1.29, 1.82) is 0 Å². The van der Waals surface area contributed by atoms with Crippen molar-refractivity contribution in [3.05, 3.63) is 87.7 Å². The summed E-state index contributed by atoms with van der Waals surface area (Å²) in [4.78, 5) is 10.3. The van der Waals surface area contributed by atoms with Gasteiger partial charge in [-0.1, -0.05) is 51.5 Å². The molecule has 0 unspecified atom stereocenters. The van der Waals surface area contributed by atoms with E-state index in [1.165, 1.54) is 21.9 Å². The minimum absolute atomic E-state index is 0.0665. The van der Waals surface area contributed by atoms with Crippen LogP contribution in [0.2, 0.25) is 0 Å². The third-order valence-electron chi connectivity index (χ3n) is 6.23. The summed E-state index contributed by atoms with van der Waals surface area (Å²) in [6.45, 7) is 2.76. The van der Waals surface area contributed by atoms with Gasteiger partial charge in [0.05, 0.1) is 22.9 Å². The topological polar surface area (TPSA) is 70.0 Å². The number of aromatic hydroxyl groups is 1. The normalized spacial score (nSPS) is 15.7. The first-order valence-electron chi connectivity index (χ1n) is 11.2. The largest absolute Gasteiger partial charge is 0.492 e. The lowest BCUT2D eigenvalue weighted by atomic mass is 10.0. The van der Waals surface area contributed by atoms with E-state index >= 15 is 0 Å². The fraction of sp³-hybridized carbons (Fsp3) is 0.200. The molecule has 5 aromatic rings. The Morgan fingerprint density at radius 1 is 1.03 bits per heavy atom. The fourth-order valence-electron chi connectivity index (χ4n) is 4.57. The van der Waals surface area contributed by atoms with Crippen LogP contribution in [0.25, 0.3) is 16.5 Å². The highest BCUT2D eigenvalue weighted by molar-refractivity contribution is 9.10. The van der Waals surface area contributed by atoms with Crippen LogP contribution in [-0.2, 0) is 0 Å². The predicted octanol–water partition coefficient (Wildman–Crippen LogP) is 5.57. The summed E-state index contributed by atoms with van der Waals surface area (Å²) in [5, 5.41) is 15.7. The van der Waals surface area contributed by atoms with Gasteiger partial charge in [0.1, 0.15) is 5.82 Å². The minimum Gasteiger partial charge on any atom is -0.492 e. The van der Waals surface area contributed by atoms with Crippen LogP contribution in [0.1, 0.15) is 16.5 Å². The molecule has 7 nitrogen and oxygen atoms in total. The number of piperazine rings is 1. The van der Waals surface area contributed by atoms with Crippen LogP contribution in [0.3, 0.4) is 0 Å². The number of benzene rings is 2. The molecule has 1 aliphatic heterocycles. The number of para-hydroxylation sites is 1. The van der Waals surface area contributed by atoms with E-state index in [9.17, 15) is 9.50 Å². The van der Waals surface area contributed by atoms with Crippen molar-refractivity contribution < 1.29 is 13.9 Å². The number of aromatic nitrogens is 3. The third-order valence-corrected chi connectivity index (χ3v) is 7.79. The predicted molar refractivity (Wildman–Crippen MR) is 136 cm³/mol. The first-order chi connectivity index (χ1) is 17.1. The van der Waals surface area contributed by atoms with Gasteiger partial charge in [0.15, 0.2) is 5.76 Å². The summed E-state index contributed by atoms with van der Waals surface area (Å²) in [7, 11) is 0. The van der Waals surface area contributed by atoms with Gasteiger partial charge in [-0.15, -0.1) is 5.10 Å². The maximum absolute atomic E-state index is 14.4. The number of furan rings is 1. The molecule has 178 valence electrons. The Bertz CT molecular complexity index is 1480. The molecule has 1 fully saturated rings. The number of anilines is 1. The van der Waals surface area contributed by atoms with Crippen LogP contribution < -0.4 is 4.90 Å². The standard InChI is InChI=1S/C25H21BrFN5O2S/c26-17-6-3-5-16(15-17)21(31-12-10-30(11-13-31)19-8-2-1-7-18(19)27)22-24(33)32-25(35-22)28-23(29-32)20-9-4-14-34-20/h1-9,14-15,21,33H,10-13H2/t21-/m1/s1. The molecule has 1 aliphatic rings. The number of fused-ring (bicyclic) bond motifs is 1. The molecule has 0 aliphatic carbocycles. The molecule has 0 spiro atoms. The molecule has 0 saturated carbocycles. The molecule has 10 heteroatoms. The van der Waals surface area contributed by atoms with Gasteiger partial charge in [-0.2, -0.15) is 9.50 Å². The fourth-order valence-corrected chi connectivity index (χ4v) is 6.11. The maximum Gasteiger partial charge on any atom is 0.230 e. The molecule has 3 aromatic heterocycles. The minimum atomic E-state index is -0.208. The van der Waals surface area contributed by atoms with Crippen molar-refractivity contribution in [1.82, 2.24) is 19.5 Å². The molecule has 1 atom stereocenters. The second-order valence-electron chi connectivity index (χ2n) is 8.33. The van der Waals surface area contributed by atoms with Gasteiger partial charge >= 0.3 is 0 Å². The van der Waals surface area contributed by atoms with Gasteiger partial charge < -0.3 is 14.4 Å². The zero-order valence-corrected chi connectivity index (χ0v) is 20.9. The highest BCUT2D eigenvalue weighted by Gasteiger charge is 2.32. The van der Waals surface area contributed by atoms with Crippen LogP contribution in [0.15, 0.2) is 75.8 Å². The molecule has 4 heterocycles. The number of rotatable bonds is 5. The summed E-state index contributed by atoms with van der Waals surface area (Å²) < 4.78 is 22.2. The van der Waals surface area contributed by atoms with Gasteiger partial charge in [0, 0.05) is 30.7 Å². The Morgan fingerprint density at radius 3 is 2.57 bits per heavy atom. The molecular weight excluding hydrogens is 533 g/mol. The first kappa shape index (κ1) is 22.3. The molecule has 1 N–H and O–H groups in total. The average molecular weight is 554 g/mol. The molecule has 0 amide bonds. The van der Waals surface area contributed by atoms with Crippen molar-refractivity contribution in [3.8, 4) is 17.5 Å². The van der Waals surface area contributed by atoms with Crippen molar-refractivity contribution in [2.45, 2.75) is 6.04 Å². The van der Waals surface area contributed by atoms with E-state index in [0.29, 0.717) is 48.4 Å². The third kappa shape index (κ3) is 4.11. The van der Waals surface area contributed by atoms with Crippen molar-refractivity contribution in [2.24, 2.45) is 0 Å². The summed E-state index contributed by atoms with van der Waals surface area (Å²) in [6.07, 6.45) is 1.57. The first-order valence-corrected chi connectivity index (χ1v) is 12.8. The Morgan fingerprint density at radius 2 is 1.86 bits per heavy atom. The van der Waals surface area contributed by atoms with Crippen molar-refractivity contribution in [3.63, 3.8) is 0 Å². The number of halogens is 2. The van der Waals surface area contributed by atoms with E-state index in [2.05, 4.69) is 47.9 Å². The quantitative estimate of drug-likeness (QED) is 0.307. The van der Waals surface area contributed by atoms with Gasteiger partial charge in [-0.25, -0.2) is 4.39 Å². The zero-order valence-electron chi connectivity index (χ0n) is 18.5. The van der Waals surface area contributed by atoms with Crippen LogP contribution in [0.5, 0.6) is 5.88 Å². The number of hydrogen-bond acceptors (Lipinski definition) is 7. The summed E-state index contributed by atoms with van der Waals surface area (Å²) in [6, 6.07) is 18.3. The lowest BCUT2D eigenvalue weighted by molar-refractivity contribution is 0.210. The second kappa shape index (κ2) is 9.10. The molecule has 0 bridgehead atoms. The van der Waals surface area contributed by atoms with Crippen molar-refractivity contribution >= 4 is 37.9 Å². The van der Waals surface area contributed by atoms with Crippen LogP contribution in [-0.4, -0.2) is 50.8 Å².